The van der Waals surface area contributed by atoms with Crippen molar-refractivity contribution in [1.29, 1.82) is 0 Å². The van der Waals surface area contributed by atoms with Gasteiger partial charge in [-0.3, -0.25) is 9.59 Å². The number of hydrogen-bond acceptors (Lipinski definition) is 5. The number of benzene rings is 2. The monoisotopic (exact) mass is 467 g/mol. The lowest BCUT2D eigenvalue weighted by Crippen LogP contribution is -2.48. The summed E-state index contributed by atoms with van der Waals surface area (Å²) in [5.74, 6) is -1.25. The van der Waals surface area contributed by atoms with Gasteiger partial charge in [0, 0.05) is 5.56 Å². The molecule has 2 aromatic carbocycles. The number of halogens is 1. The molecule has 3 N–H and O–H groups in total. The van der Waals surface area contributed by atoms with E-state index in [4.69, 9.17) is 21.1 Å². The highest BCUT2D eigenvalue weighted by Crippen LogP contribution is 2.22. The summed E-state index contributed by atoms with van der Waals surface area (Å²) < 4.78 is 5.66. The summed E-state index contributed by atoms with van der Waals surface area (Å²) in [7, 11) is 0. The van der Waals surface area contributed by atoms with Crippen LogP contribution in [-0.4, -0.2) is 35.1 Å². The Hall–Kier alpha value is -3.91. The number of furan rings is 1. The Balaban J connectivity index is 1.62. The molecule has 1 heterocycles. The van der Waals surface area contributed by atoms with E-state index in [1.54, 1.807) is 62.4 Å². The van der Waals surface area contributed by atoms with Crippen molar-refractivity contribution in [2.75, 3.05) is 0 Å². The highest BCUT2D eigenvalue weighted by atomic mass is 35.5. The van der Waals surface area contributed by atoms with Gasteiger partial charge in [0.2, 0.25) is 0 Å². The molecular weight excluding hydrogens is 446 g/mol. The van der Waals surface area contributed by atoms with Crippen LogP contribution in [0.3, 0.4) is 0 Å². The van der Waals surface area contributed by atoms with Crippen molar-refractivity contribution in [3.05, 3.63) is 82.6 Å². The van der Waals surface area contributed by atoms with Crippen LogP contribution in [0.1, 0.15) is 40.3 Å². The Morgan fingerprint density at radius 2 is 1.73 bits per heavy atom. The Morgan fingerprint density at radius 1 is 1.03 bits per heavy atom. The van der Waals surface area contributed by atoms with Gasteiger partial charge < -0.3 is 14.8 Å². The molecule has 0 saturated heterocycles. The van der Waals surface area contributed by atoms with E-state index in [1.165, 1.54) is 18.3 Å². The van der Waals surface area contributed by atoms with Gasteiger partial charge >= 0.3 is 5.97 Å². The molecule has 8 nitrogen and oxygen atoms in total. The first kappa shape index (κ1) is 23.7. The highest BCUT2D eigenvalue weighted by Gasteiger charge is 2.25. The molecule has 33 heavy (non-hydrogen) atoms. The maximum Gasteiger partial charge on any atom is 0.335 e. The molecule has 0 bridgehead atoms. The van der Waals surface area contributed by atoms with E-state index >= 15 is 0 Å². The number of amides is 2. The number of carboxylic acids is 1. The first-order valence-corrected chi connectivity index (χ1v) is 10.5. The molecule has 0 spiro atoms. The maximum atomic E-state index is 12.6. The lowest BCUT2D eigenvalue weighted by molar-refractivity contribution is -0.123. The SMILES string of the molecule is CC(C)C(NC(=O)c1ccccc1Cl)C(=O)N/N=C/c1ccc(-c2ccc(C(=O)O)cc2)o1. The van der Waals surface area contributed by atoms with Gasteiger partial charge in [-0.15, -0.1) is 0 Å². The van der Waals surface area contributed by atoms with E-state index in [2.05, 4.69) is 15.8 Å². The average molecular weight is 468 g/mol. The van der Waals surface area contributed by atoms with Crippen LogP contribution in [0.2, 0.25) is 5.02 Å². The van der Waals surface area contributed by atoms with Crippen LogP contribution >= 0.6 is 11.6 Å². The van der Waals surface area contributed by atoms with Gasteiger partial charge in [-0.05, 0) is 42.3 Å². The molecule has 170 valence electrons. The predicted octanol–water partition coefficient (Wildman–Crippen LogP) is 4.20. The van der Waals surface area contributed by atoms with Crippen LogP contribution in [0.15, 0.2) is 70.2 Å². The third-order valence-electron chi connectivity index (χ3n) is 4.76. The molecule has 0 aliphatic heterocycles. The highest BCUT2D eigenvalue weighted by molar-refractivity contribution is 6.33. The minimum atomic E-state index is -1.01. The summed E-state index contributed by atoms with van der Waals surface area (Å²) >= 11 is 6.06. The minimum absolute atomic E-state index is 0.177. The Labute approximate surface area is 195 Å². The van der Waals surface area contributed by atoms with Crippen LogP contribution in [0.5, 0.6) is 0 Å². The number of aromatic carboxylic acids is 1. The normalized spacial score (nSPS) is 12.0. The molecule has 0 radical (unpaired) electrons. The lowest BCUT2D eigenvalue weighted by atomic mass is 10.0. The fourth-order valence-electron chi connectivity index (χ4n) is 2.98. The largest absolute Gasteiger partial charge is 0.478 e. The summed E-state index contributed by atoms with van der Waals surface area (Å²) in [6, 6.07) is 15.4. The third-order valence-corrected chi connectivity index (χ3v) is 5.09. The van der Waals surface area contributed by atoms with Crippen molar-refractivity contribution in [2.24, 2.45) is 11.0 Å². The summed E-state index contributed by atoms with van der Waals surface area (Å²) in [6.07, 6.45) is 1.33. The third kappa shape index (κ3) is 6.08. The zero-order chi connectivity index (χ0) is 24.0. The summed E-state index contributed by atoms with van der Waals surface area (Å²) in [4.78, 5) is 36.1. The Kier molecular flexibility index (Phi) is 7.63. The molecule has 1 unspecified atom stereocenters. The summed E-state index contributed by atoms with van der Waals surface area (Å²) in [6.45, 7) is 3.60. The number of carbonyl (C=O) groups excluding carboxylic acids is 2. The molecule has 3 rings (SSSR count). The molecule has 0 fully saturated rings. The first-order chi connectivity index (χ1) is 15.8. The van der Waals surface area contributed by atoms with Crippen molar-refractivity contribution < 1.29 is 23.9 Å². The van der Waals surface area contributed by atoms with Gasteiger partial charge in [0.25, 0.3) is 11.8 Å². The second kappa shape index (κ2) is 10.6. The van der Waals surface area contributed by atoms with Gasteiger partial charge in [-0.25, -0.2) is 10.2 Å². The topological polar surface area (TPSA) is 121 Å². The van der Waals surface area contributed by atoms with Crippen molar-refractivity contribution in [3.8, 4) is 11.3 Å². The second-order valence-electron chi connectivity index (χ2n) is 7.49. The van der Waals surface area contributed by atoms with E-state index in [0.29, 0.717) is 22.1 Å². The van der Waals surface area contributed by atoms with Gasteiger partial charge in [-0.2, -0.15) is 5.10 Å². The van der Waals surface area contributed by atoms with Gasteiger partial charge in [0.1, 0.15) is 17.6 Å². The Bertz CT molecular complexity index is 1180. The van der Waals surface area contributed by atoms with Gasteiger partial charge in [0.15, 0.2) is 0 Å². The number of carbonyl (C=O) groups is 3. The van der Waals surface area contributed by atoms with E-state index in [-0.39, 0.29) is 17.0 Å². The standard InChI is InChI=1S/C24H22ClN3O5/c1-14(2)21(27-22(29)18-5-3-4-6-19(18)25)23(30)28-26-13-17-11-12-20(33-17)15-7-9-16(10-8-15)24(31)32/h3-14,21H,1-2H3,(H,27,29)(H,28,30)(H,31,32)/b26-13+. The molecule has 0 saturated carbocycles. The molecular formula is C24H22ClN3O5. The molecule has 2 amide bonds. The quantitative estimate of drug-likeness (QED) is 0.338. The molecule has 0 aliphatic carbocycles. The number of carboxylic acid groups (broad SMARTS) is 1. The predicted molar refractivity (Wildman–Crippen MR) is 124 cm³/mol. The van der Waals surface area contributed by atoms with Crippen LogP contribution < -0.4 is 10.7 Å². The molecule has 0 aliphatic rings. The van der Waals surface area contributed by atoms with Crippen molar-refractivity contribution in [3.63, 3.8) is 0 Å². The zero-order valence-electron chi connectivity index (χ0n) is 17.9. The van der Waals surface area contributed by atoms with Gasteiger partial charge in [-0.1, -0.05) is 49.7 Å². The van der Waals surface area contributed by atoms with Crippen LogP contribution in [-0.2, 0) is 4.79 Å². The molecule has 9 heteroatoms. The van der Waals surface area contributed by atoms with Crippen LogP contribution in [0.4, 0.5) is 0 Å². The number of nitrogens with one attached hydrogen (secondary N) is 2. The number of rotatable bonds is 8. The average Bonchev–Trinajstić information content (AvgIpc) is 3.26. The molecule has 1 aromatic heterocycles. The zero-order valence-corrected chi connectivity index (χ0v) is 18.7. The second-order valence-corrected chi connectivity index (χ2v) is 7.90. The molecule has 3 aromatic rings. The van der Waals surface area contributed by atoms with E-state index in [9.17, 15) is 14.4 Å². The van der Waals surface area contributed by atoms with Crippen molar-refractivity contribution >= 4 is 35.6 Å². The minimum Gasteiger partial charge on any atom is -0.478 e. The van der Waals surface area contributed by atoms with Crippen molar-refractivity contribution in [2.45, 2.75) is 19.9 Å². The van der Waals surface area contributed by atoms with Crippen LogP contribution in [0, 0.1) is 5.92 Å². The Morgan fingerprint density at radius 3 is 2.36 bits per heavy atom. The maximum absolute atomic E-state index is 12.6. The van der Waals surface area contributed by atoms with E-state index in [1.807, 2.05) is 0 Å². The van der Waals surface area contributed by atoms with Crippen molar-refractivity contribution in [1.82, 2.24) is 10.7 Å². The first-order valence-electron chi connectivity index (χ1n) is 10.1. The van der Waals surface area contributed by atoms with Crippen LogP contribution in [0.25, 0.3) is 11.3 Å². The molecule has 1 atom stereocenters. The lowest BCUT2D eigenvalue weighted by Gasteiger charge is -2.20. The number of nitrogens with zero attached hydrogens (tertiary/aromatic N) is 1. The summed E-state index contributed by atoms with van der Waals surface area (Å²) in [5, 5.41) is 15.9. The smallest absolute Gasteiger partial charge is 0.335 e. The van der Waals surface area contributed by atoms with E-state index < -0.39 is 23.8 Å². The van der Waals surface area contributed by atoms with E-state index in [0.717, 1.165) is 0 Å². The summed E-state index contributed by atoms with van der Waals surface area (Å²) in [5.41, 5.74) is 3.57. The fraction of sp³-hybridized carbons (Fsp3) is 0.167. The number of hydrazone groups is 1. The van der Waals surface area contributed by atoms with Gasteiger partial charge in [0.05, 0.1) is 22.4 Å². The number of hydrogen-bond donors (Lipinski definition) is 3. The fourth-order valence-corrected chi connectivity index (χ4v) is 3.20.